The second-order valence-electron chi connectivity index (χ2n) is 6.50. The lowest BCUT2D eigenvalue weighted by atomic mass is 10.1. The summed E-state index contributed by atoms with van der Waals surface area (Å²) >= 11 is 0. The van der Waals surface area contributed by atoms with E-state index >= 15 is 0 Å². The number of carbonyl (C=O) groups is 2. The van der Waals surface area contributed by atoms with E-state index in [1.165, 1.54) is 12.1 Å². The Morgan fingerprint density at radius 3 is 2.70 bits per heavy atom. The minimum atomic E-state index is -0.630. The van der Waals surface area contributed by atoms with Crippen LogP contribution in [0.5, 0.6) is 11.5 Å². The number of esters is 1. The van der Waals surface area contributed by atoms with Crippen LogP contribution >= 0.6 is 0 Å². The van der Waals surface area contributed by atoms with Crippen LogP contribution in [0.1, 0.15) is 21.6 Å². The zero-order valence-electron chi connectivity index (χ0n) is 15.9. The highest BCUT2D eigenvalue weighted by Crippen LogP contribution is 2.32. The van der Waals surface area contributed by atoms with Crippen LogP contribution in [-0.4, -0.2) is 30.4 Å². The Morgan fingerprint density at radius 2 is 1.90 bits per heavy atom. The van der Waals surface area contributed by atoms with Crippen molar-refractivity contribution in [2.24, 2.45) is 0 Å². The molecule has 1 amide bonds. The van der Waals surface area contributed by atoms with Gasteiger partial charge in [-0.25, -0.2) is 4.39 Å². The maximum atomic E-state index is 13.1. The summed E-state index contributed by atoms with van der Waals surface area (Å²) in [6.07, 6.45) is 0. The standard InChI is InChI=1S/C21H17FN2O6/c1-12-16(24-30-20(12)13-2-5-15(22)6-3-13)10-27-19(25)9-23-21(26)14-4-7-17-18(8-14)29-11-28-17/h2-8H,9-11H2,1H3,(H,23,26). The molecule has 2 heterocycles. The molecule has 0 atom stereocenters. The highest BCUT2D eigenvalue weighted by Gasteiger charge is 2.18. The average molecular weight is 412 g/mol. The predicted molar refractivity (Wildman–Crippen MR) is 101 cm³/mol. The monoisotopic (exact) mass is 412 g/mol. The molecular formula is C21H17FN2O6. The third kappa shape index (κ3) is 4.09. The lowest BCUT2D eigenvalue weighted by Gasteiger charge is -2.06. The lowest BCUT2D eigenvalue weighted by Crippen LogP contribution is -2.30. The molecule has 154 valence electrons. The van der Waals surface area contributed by atoms with Crippen molar-refractivity contribution in [2.45, 2.75) is 13.5 Å². The number of rotatable bonds is 6. The van der Waals surface area contributed by atoms with E-state index in [0.29, 0.717) is 39.6 Å². The van der Waals surface area contributed by atoms with Gasteiger partial charge in [0.15, 0.2) is 17.3 Å². The van der Waals surface area contributed by atoms with Gasteiger partial charge < -0.3 is 24.1 Å². The third-order valence-electron chi connectivity index (χ3n) is 4.52. The predicted octanol–water partition coefficient (Wildman–Crippen LogP) is 2.99. The molecule has 0 bridgehead atoms. The Bertz CT molecular complexity index is 1090. The fourth-order valence-electron chi connectivity index (χ4n) is 2.87. The van der Waals surface area contributed by atoms with Gasteiger partial charge in [-0.1, -0.05) is 5.16 Å². The van der Waals surface area contributed by atoms with Gasteiger partial charge in [-0.05, 0) is 49.4 Å². The van der Waals surface area contributed by atoms with Crippen molar-refractivity contribution in [2.75, 3.05) is 13.3 Å². The van der Waals surface area contributed by atoms with Crippen molar-refractivity contribution in [3.63, 3.8) is 0 Å². The van der Waals surface area contributed by atoms with Crippen LogP contribution < -0.4 is 14.8 Å². The van der Waals surface area contributed by atoms with Gasteiger partial charge in [0.05, 0.1) is 0 Å². The number of nitrogens with one attached hydrogen (secondary N) is 1. The Labute approximate surface area is 170 Å². The zero-order valence-corrected chi connectivity index (χ0v) is 15.9. The highest BCUT2D eigenvalue weighted by atomic mass is 19.1. The summed E-state index contributed by atoms with van der Waals surface area (Å²) in [4.78, 5) is 24.2. The van der Waals surface area contributed by atoms with Crippen LogP contribution in [0, 0.1) is 12.7 Å². The van der Waals surface area contributed by atoms with Crippen molar-refractivity contribution < 1.29 is 32.7 Å². The minimum Gasteiger partial charge on any atom is -0.458 e. The molecule has 0 spiro atoms. The maximum absolute atomic E-state index is 13.1. The Hall–Kier alpha value is -3.88. The van der Waals surface area contributed by atoms with Gasteiger partial charge in [0.2, 0.25) is 6.79 Å². The van der Waals surface area contributed by atoms with Crippen LogP contribution in [0.3, 0.4) is 0 Å². The van der Waals surface area contributed by atoms with Gasteiger partial charge in [-0.2, -0.15) is 0 Å². The molecule has 0 unspecified atom stereocenters. The summed E-state index contributed by atoms with van der Waals surface area (Å²) < 4.78 is 33.9. The smallest absolute Gasteiger partial charge is 0.325 e. The fourth-order valence-corrected chi connectivity index (χ4v) is 2.87. The van der Waals surface area contributed by atoms with E-state index in [0.717, 1.165) is 0 Å². The van der Waals surface area contributed by atoms with Gasteiger partial charge in [0.25, 0.3) is 5.91 Å². The molecule has 1 N–H and O–H groups in total. The second-order valence-corrected chi connectivity index (χ2v) is 6.50. The molecule has 30 heavy (non-hydrogen) atoms. The van der Waals surface area contributed by atoms with Crippen LogP contribution in [0.15, 0.2) is 47.0 Å². The number of nitrogens with zero attached hydrogens (tertiary/aromatic N) is 1. The number of aromatic nitrogens is 1. The van der Waals surface area contributed by atoms with Gasteiger partial charge in [-0.15, -0.1) is 0 Å². The molecule has 0 fully saturated rings. The summed E-state index contributed by atoms with van der Waals surface area (Å²) in [5.74, 6) is 0.0824. The second kappa shape index (κ2) is 8.24. The van der Waals surface area contributed by atoms with Gasteiger partial charge >= 0.3 is 5.97 Å². The normalized spacial score (nSPS) is 11.9. The van der Waals surface area contributed by atoms with Crippen LogP contribution in [0.2, 0.25) is 0 Å². The number of halogens is 1. The van der Waals surface area contributed by atoms with E-state index in [-0.39, 0.29) is 25.8 Å². The molecule has 1 aliphatic heterocycles. The topological polar surface area (TPSA) is 99.9 Å². The van der Waals surface area contributed by atoms with E-state index in [1.807, 2.05) is 0 Å². The zero-order chi connectivity index (χ0) is 21.1. The van der Waals surface area contributed by atoms with Crippen LogP contribution in [0.4, 0.5) is 4.39 Å². The molecule has 0 saturated carbocycles. The Morgan fingerprint density at radius 1 is 1.13 bits per heavy atom. The first-order valence-corrected chi connectivity index (χ1v) is 9.06. The van der Waals surface area contributed by atoms with Crippen LogP contribution in [0.25, 0.3) is 11.3 Å². The van der Waals surface area contributed by atoms with E-state index in [1.54, 1.807) is 37.3 Å². The summed E-state index contributed by atoms with van der Waals surface area (Å²) in [5.41, 5.74) is 2.11. The van der Waals surface area contributed by atoms with E-state index in [4.69, 9.17) is 18.7 Å². The molecule has 1 aliphatic rings. The number of hydrogen-bond acceptors (Lipinski definition) is 7. The van der Waals surface area contributed by atoms with E-state index in [9.17, 15) is 14.0 Å². The molecule has 8 nitrogen and oxygen atoms in total. The molecule has 0 saturated heterocycles. The number of hydrogen-bond donors (Lipinski definition) is 1. The van der Waals surface area contributed by atoms with Crippen molar-refractivity contribution in [3.8, 4) is 22.8 Å². The number of ether oxygens (including phenoxy) is 3. The molecular weight excluding hydrogens is 395 g/mol. The van der Waals surface area contributed by atoms with Gasteiger partial charge in [0, 0.05) is 16.7 Å². The number of carbonyl (C=O) groups excluding carboxylic acids is 2. The largest absolute Gasteiger partial charge is 0.458 e. The Kier molecular flexibility index (Phi) is 5.34. The molecule has 1 aromatic heterocycles. The van der Waals surface area contributed by atoms with Crippen molar-refractivity contribution in [1.82, 2.24) is 10.5 Å². The minimum absolute atomic E-state index is 0.108. The highest BCUT2D eigenvalue weighted by molar-refractivity contribution is 5.96. The van der Waals surface area contributed by atoms with E-state index < -0.39 is 11.9 Å². The summed E-state index contributed by atoms with van der Waals surface area (Å²) in [5, 5.41) is 6.39. The van der Waals surface area contributed by atoms with Crippen molar-refractivity contribution >= 4 is 11.9 Å². The first kappa shape index (κ1) is 19.4. The molecule has 3 aromatic rings. The number of benzene rings is 2. The SMILES string of the molecule is Cc1c(COC(=O)CNC(=O)c2ccc3c(c2)OCO3)noc1-c1ccc(F)cc1. The van der Waals surface area contributed by atoms with Gasteiger partial charge in [0.1, 0.15) is 24.7 Å². The van der Waals surface area contributed by atoms with Crippen molar-refractivity contribution in [1.29, 1.82) is 0 Å². The third-order valence-corrected chi connectivity index (χ3v) is 4.52. The summed E-state index contributed by atoms with van der Waals surface area (Å²) in [6.45, 7) is 1.45. The van der Waals surface area contributed by atoms with Crippen molar-refractivity contribution in [3.05, 3.63) is 65.1 Å². The first-order chi connectivity index (χ1) is 14.5. The fraction of sp³-hybridized carbons (Fsp3) is 0.190. The maximum Gasteiger partial charge on any atom is 0.325 e. The summed E-state index contributed by atoms with van der Waals surface area (Å²) in [7, 11) is 0. The van der Waals surface area contributed by atoms with Crippen LogP contribution in [-0.2, 0) is 16.1 Å². The molecule has 2 aromatic carbocycles. The first-order valence-electron chi connectivity index (χ1n) is 9.06. The lowest BCUT2D eigenvalue weighted by molar-refractivity contribution is -0.143. The molecule has 0 aliphatic carbocycles. The quantitative estimate of drug-likeness (QED) is 0.621. The number of amides is 1. The Balaban J connectivity index is 1.30. The van der Waals surface area contributed by atoms with E-state index in [2.05, 4.69) is 10.5 Å². The molecule has 4 rings (SSSR count). The summed E-state index contributed by atoms with van der Waals surface area (Å²) in [6, 6.07) is 10.5. The molecule has 0 radical (unpaired) electrons. The van der Waals surface area contributed by atoms with Gasteiger partial charge in [-0.3, -0.25) is 9.59 Å². The molecule has 9 heteroatoms. The average Bonchev–Trinajstić information content (AvgIpc) is 3.37. The number of fused-ring (bicyclic) bond motifs is 1.